The summed E-state index contributed by atoms with van der Waals surface area (Å²) in [6.45, 7) is -0.332. The van der Waals surface area contributed by atoms with E-state index >= 15 is 0 Å². The van der Waals surface area contributed by atoms with Crippen LogP contribution in [0.25, 0.3) is 0 Å². The van der Waals surface area contributed by atoms with Gasteiger partial charge in [-0.2, -0.15) is 0 Å². The average Bonchev–Trinajstić information content (AvgIpc) is 2.90. The molecule has 1 heterocycles. The number of halogens is 1. The normalized spacial score (nSPS) is 14.1. The summed E-state index contributed by atoms with van der Waals surface area (Å²) >= 11 is 3.29. The molecule has 0 N–H and O–H groups in total. The minimum Gasteiger partial charge on any atom is -0.482 e. The number of hydrogen-bond acceptors (Lipinski definition) is 5. The zero-order valence-electron chi connectivity index (χ0n) is 11.2. The van der Waals surface area contributed by atoms with Gasteiger partial charge in [-0.3, -0.25) is 14.5 Å². The van der Waals surface area contributed by atoms with Crippen molar-refractivity contribution in [3.05, 3.63) is 28.7 Å². The highest BCUT2D eigenvalue weighted by Gasteiger charge is 2.26. The summed E-state index contributed by atoms with van der Waals surface area (Å²) in [6, 6.07) is 6.96. The maximum Gasteiger partial charge on any atom is 0.344 e. The molecule has 1 aromatic rings. The largest absolute Gasteiger partial charge is 0.482 e. The van der Waals surface area contributed by atoms with Crippen LogP contribution < -0.4 is 4.74 Å². The lowest BCUT2D eigenvalue weighted by Crippen LogP contribution is -2.35. The number of hydrogen-bond donors (Lipinski definition) is 0. The zero-order valence-corrected chi connectivity index (χ0v) is 12.8. The number of benzene rings is 1. The lowest BCUT2D eigenvalue weighted by molar-refractivity contribution is -0.155. The van der Waals surface area contributed by atoms with Crippen molar-refractivity contribution in [1.29, 1.82) is 0 Å². The second-order valence-corrected chi connectivity index (χ2v) is 5.36. The van der Waals surface area contributed by atoms with E-state index in [9.17, 15) is 14.4 Å². The molecule has 0 spiro atoms. The maximum absolute atomic E-state index is 11.7. The first-order valence-electron chi connectivity index (χ1n) is 6.43. The Labute approximate surface area is 130 Å². The van der Waals surface area contributed by atoms with Crippen LogP contribution in [0.15, 0.2) is 28.7 Å². The Balaban J connectivity index is 1.71. The van der Waals surface area contributed by atoms with Gasteiger partial charge < -0.3 is 9.47 Å². The molecule has 0 radical (unpaired) electrons. The lowest BCUT2D eigenvalue weighted by atomic mass is 10.3. The summed E-state index contributed by atoms with van der Waals surface area (Å²) in [7, 11) is 0. The average molecular weight is 356 g/mol. The molecule has 1 fully saturated rings. The van der Waals surface area contributed by atoms with E-state index in [1.807, 2.05) is 0 Å². The smallest absolute Gasteiger partial charge is 0.344 e. The molecule has 1 saturated heterocycles. The number of carbonyl (C=O) groups excluding carboxylic acids is 3. The standard InChI is InChI=1S/C14H14BrNO5/c15-10-3-5-11(6-4-10)20-9-14(19)21-8-13(18)16-7-1-2-12(16)17/h3-6H,1-2,7-9H2. The van der Waals surface area contributed by atoms with E-state index in [0.717, 1.165) is 9.37 Å². The van der Waals surface area contributed by atoms with Crippen LogP contribution in [0.1, 0.15) is 12.8 Å². The first-order chi connectivity index (χ1) is 10.1. The van der Waals surface area contributed by atoms with E-state index in [0.29, 0.717) is 25.1 Å². The van der Waals surface area contributed by atoms with Crippen LogP contribution in [0.2, 0.25) is 0 Å². The number of esters is 1. The van der Waals surface area contributed by atoms with Crippen LogP contribution in [0, 0.1) is 0 Å². The molecule has 2 rings (SSSR count). The van der Waals surface area contributed by atoms with Crippen LogP contribution in [0.3, 0.4) is 0 Å². The zero-order chi connectivity index (χ0) is 15.2. The van der Waals surface area contributed by atoms with Gasteiger partial charge in [-0.05, 0) is 30.7 Å². The molecule has 7 heteroatoms. The van der Waals surface area contributed by atoms with E-state index in [4.69, 9.17) is 9.47 Å². The quantitative estimate of drug-likeness (QED) is 0.748. The monoisotopic (exact) mass is 355 g/mol. The molecule has 1 aliphatic heterocycles. The van der Waals surface area contributed by atoms with Crippen molar-refractivity contribution in [1.82, 2.24) is 4.90 Å². The summed E-state index contributed by atoms with van der Waals surface area (Å²) in [4.78, 5) is 35.6. The van der Waals surface area contributed by atoms with Gasteiger partial charge in [0.05, 0.1) is 0 Å². The lowest BCUT2D eigenvalue weighted by Gasteiger charge is -2.13. The first-order valence-corrected chi connectivity index (χ1v) is 7.23. The highest BCUT2D eigenvalue weighted by molar-refractivity contribution is 9.10. The maximum atomic E-state index is 11.7. The number of imide groups is 1. The SMILES string of the molecule is O=C(COc1ccc(Br)cc1)OCC(=O)N1CCCC1=O. The van der Waals surface area contributed by atoms with Crippen molar-refractivity contribution in [2.75, 3.05) is 19.8 Å². The summed E-state index contributed by atoms with van der Waals surface area (Å²) in [6.07, 6.45) is 1.03. The van der Waals surface area contributed by atoms with Gasteiger partial charge in [-0.1, -0.05) is 15.9 Å². The molecule has 21 heavy (non-hydrogen) atoms. The summed E-state index contributed by atoms with van der Waals surface area (Å²) < 4.78 is 10.9. The molecule has 6 nitrogen and oxygen atoms in total. The first kappa shape index (κ1) is 15.5. The summed E-state index contributed by atoms with van der Waals surface area (Å²) in [5.41, 5.74) is 0. The number of rotatable bonds is 5. The Morgan fingerprint density at radius 1 is 1.19 bits per heavy atom. The van der Waals surface area contributed by atoms with Crippen LogP contribution in [0.4, 0.5) is 0 Å². The van der Waals surface area contributed by atoms with Gasteiger partial charge in [0.25, 0.3) is 5.91 Å². The molecule has 0 aromatic heterocycles. The molecule has 1 aromatic carbocycles. The van der Waals surface area contributed by atoms with Crippen molar-refractivity contribution < 1.29 is 23.9 Å². The highest BCUT2D eigenvalue weighted by atomic mass is 79.9. The van der Waals surface area contributed by atoms with Crippen LogP contribution in [-0.2, 0) is 19.1 Å². The van der Waals surface area contributed by atoms with Crippen molar-refractivity contribution in [3.8, 4) is 5.75 Å². The van der Waals surface area contributed by atoms with Crippen molar-refractivity contribution in [2.24, 2.45) is 0 Å². The second-order valence-electron chi connectivity index (χ2n) is 4.45. The van der Waals surface area contributed by atoms with Crippen molar-refractivity contribution in [2.45, 2.75) is 12.8 Å². The second kappa shape index (κ2) is 7.21. The molecule has 0 aliphatic carbocycles. The Morgan fingerprint density at radius 2 is 1.90 bits per heavy atom. The molecule has 0 bridgehead atoms. The minimum absolute atomic E-state index is 0.220. The van der Waals surface area contributed by atoms with E-state index in [-0.39, 0.29) is 12.5 Å². The van der Waals surface area contributed by atoms with Gasteiger partial charge in [0.15, 0.2) is 13.2 Å². The van der Waals surface area contributed by atoms with E-state index in [1.54, 1.807) is 24.3 Å². The van der Waals surface area contributed by atoms with Crippen LogP contribution >= 0.6 is 15.9 Å². The predicted octanol–water partition coefficient (Wildman–Crippen LogP) is 1.52. The third kappa shape index (κ3) is 4.56. The van der Waals surface area contributed by atoms with E-state index in [1.165, 1.54) is 0 Å². The number of nitrogens with zero attached hydrogens (tertiary/aromatic N) is 1. The van der Waals surface area contributed by atoms with E-state index < -0.39 is 18.5 Å². The fourth-order valence-corrected chi connectivity index (χ4v) is 2.11. The topological polar surface area (TPSA) is 72.9 Å². The Hall–Kier alpha value is -1.89. The van der Waals surface area contributed by atoms with Gasteiger partial charge >= 0.3 is 5.97 Å². The summed E-state index contributed by atoms with van der Waals surface area (Å²) in [5.74, 6) is -0.842. The van der Waals surface area contributed by atoms with Gasteiger partial charge in [0.2, 0.25) is 5.91 Å². The highest BCUT2D eigenvalue weighted by Crippen LogP contribution is 2.16. The summed E-state index contributed by atoms with van der Waals surface area (Å²) in [5, 5.41) is 0. The Kier molecular flexibility index (Phi) is 5.32. The predicted molar refractivity (Wildman–Crippen MR) is 76.6 cm³/mol. The molecule has 2 amide bonds. The van der Waals surface area contributed by atoms with E-state index in [2.05, 4.69) is 15.9 Å². The number of carbonyl (C=O) groups is 3. The van der Waals surface area contributed by atoms with Crippen molar-refractivity contribution >= 4 is 33.7 Å². The number of amides is 2. The van der Waals surface area contributed by atoms with Gasteiger partial charge in [0.1, 0.15) is 5.75 Å². The van der Waals surface area contributed by atoms with Gasteiger partial charge in [-0.25, -0.2) is 4.79 Å². The molecular weight excluding hydrogens is 342 g/mol. The number of ether oxygens (including phenoxy) is 2. The van der Waals surface area contributed by atoms with Crippen molar-refractivity contribution in [3.63, 3.8) is 0 Å². The fraction of sp³-hybridized carbons (Fsp3) is 0.357. The Morgan fingerprint density at radius 3 is 2.52 bits per heavy atom. The van der Waals surface area contributed by atoms with Gasteiger partial charge in [-0.15, -0.1) is 0 Å². The molecule has 1 aliphatic rings. The van der Waals surface area contributed by atoms with Crippen LogP contribution in [0.5, 0.6) is 5.75 Å². The number of likely N-dealkylation sites (tertiary alicyclic amines) is 1. The molecular formula is C14H14BrNO5. The molecule has 0 unspecified atom stereocenters. The third-order valence-electron chi connectivity index (χ3n) is 2.90. The minimum atomic E-state index is -0.655. The Bertz CT molecular complexity index is 543. The van der Waals surface area contributed by atoms with Gasteiger partial charge in [0, 0.05) is 17.4 Å². The molecule has 112 valence electrons. The molecule has 0 saturated carbocycles. The van der Waals surface area contributed by atoms with Crippen LogP contribution in [-0.4, -0.2) is 42.4 Å². The third-order valence-corrected chi connectivity index (χ3v) is 3.43. The molecule has 0 atom stereocenters. The fourth-order valence-electron chi connectivity index (χ4n) is 1.85.